The average molecular weight is 571 g/mol. The van der Waals surface area contributed by atoms with Crippen molar-refractivity contribution in [2.75, 3.05) is 18.1 Å². The van der Waals surface area contributed by atoms with Gasteiger partial charge in [-0.1, -0.05) is 55.8 Å². The zero-order valence-corrected chi connectivity index (χ0v) is 24.0. The largest absolute Gasteiger partial charge is 0.376 e. The fraction of sp³-hybridized carbons (Fsp3) is 0.344. The number of amides is 2. The zero-order chi connectivity index (χ0) is 29.6. The molecule has 5 rings (SSSR count). The number of anilines is 1. The number of hydrogen-bond donors (Lipinski definition) is 1. The first-order chi connectivity index (χ1) is 20.3. The number of aromatic nitrogens is 4. The SMILES string of the molecule is Cc1ccc([C@@H](C(=O)NC[C@@H]2CCCO2)N(C(=O)Cn2nnc(-c3ccc(F)cc3)n2)c2ccc(C(C)C)cc2)cc1. The van der Waals surface area contributed by atoms with Crippen LogP contribution in [0.4, 0.5) is 10.1 Å². The first-order valence-electron chi connectivity index (χ1n) is 14.2. The van der Waals surface area contributed by atoms with Crippen LogP contribution in [0.2, 0.25) is 0 Å². The van der Waals surface area contributed by atoms with E-state index in [9.17, 15) is 14.0 Å². The predicted octanol–water partition coefficient (Wildman–Crippen LogP) is 4.98. The van der Waals surface area contributed by atoms with Gasteiger partial charge in [0, 0.05) is 24.4 Å². The van der Waals surface area contributed by atoms with E-state index in [1.54, 1.807) is 12.1 Å². The highest BCUT2D eigenvalue weighted by molar-refractivity contribution is 6.01. The van der Waals surface area contributed by atoms with Gasteiger partial charge in [0.15, 0.2) is 0 Å². The predicted molar refractivity (Wildman–Crippen MR) is 157 cm³/mol. The fourth-order valence-electron chi connectivity index (χ4n) is 4.96. The number of nitrogens with one attached hydrogen (secondary N) is 1. The molecule has 3 aromatic carbocycles. The summed E-state index contributed by atoms with van der Waals surface area (Å²) in [5.41, 5.74) is 3.97. The first-order valence-corrected chi connectivity index (χ1v) is 14.2. The van der Waals surface area contributed by atoms with Crippen molar-refractivity contribution in [3.63, 3.8) is 0 Å². The summed E-state index contributed by atoms with van der Waals surface area (Å²) in [6, 6.07) is 20.0. The van der Waals surface area contributed by atoms with E-state index in [4.69, 9.17) is 4.74 Å². The Morgan fingerprint density at radius 2 is 1.71 bits per heavy atom. The van der Waals surface area contributed by atoms with Crippen molar-refractivity contribution in [3.05, 3.63) is 95.3 Å². The molecule has 2 amide bonds. The molecule has 1 aliphatic heterocycles. The van der Waals surface area contributed by atoms with Gasteiger partial charge in [-0.3, -0.25) is 14.5 Å². The van der Waals surface area contributed by atoms with Crippen LogP contribution in [-0.2, 0) is 20.9 Å². The Labute approximate surface area is 244 Å². The number of ether oxygens (including phenoxy) is 1. The molecule has 2 atom stereocenters. The van der Waals surface area contributed by atoms with E-state index in [2.05, 4.69) is 34.6 Å². The maximum atomic E-state index is 14.1. The number of halogens is 1. The van der Waals surface area contributed by atoms with Gasteiger partial charge in [-0.15, -0.1) is 10.2 Å². The molecule has 1 saturated heterocycles. The second kappa shape index (κ2) is 13.0. The molecule has 1 N–H and O–H groups in total. The molecular weight excluding hydrogens is 535 g/mol. The Balaban J connectivity index is 1.49. The Morgan fingerprint density at radius 1 is 1.02 bits per heavy atom. The maximum absolute atomic E-state index is 14.1. The van der Waals surface area contributed by atoms with Gasteiger partial charge in [-0.05, 0) is 78.4 Å². The molecule has 0 unspecified atom stereocenters. The Hall–Kier alpha value is -4.44. The first kappa shape index (κ1) is 29.1. The van der Waals surface area contributed by atoms with Gasteiger partial charge in [0.1, 0.15) is 18.4 Å². The normalized spacial score (nSPS) is 15.5. The zero-order valence-electron chi connectivity index (χ0n) is 24.0. The molecule has 0 bridgehead atoms. The minimum Gasteiger partial charge on any atom is -0.376 e. The lowest BCUT2D eigenvalue weighted by Gasteiger charge is -2.32. The molecule has 4 aromatic rings. The topological polar surface area (TPSA) is 102 Å². The summed E-state index contributed by atoms with van der Waals surface area (Å²) in [5.74, 6) is -0.516. The van der Waals surface area contributed by atoms with Gasteiger partial charge in [0.25, 0.3) is 5.91 Å². The van der Waals surface area contributed by atoms with Crippen molar-refractivity contribution in [1.82, 2.24) is 25.5 Å². The Bertz CT molecular complexity index is 1500. The average Bonchev–Trinajstić information content (AvgIpc) is 3.68. The fourth-order valence-corrected chi connectivity index (χ4v) is 4.96. The van der Waals surface area contributed by atoms with Crippen LogP contribution >= 0.6 is 0 Å². The third-order valence-electron chi connectivity index (χ3n) is 7.37. The van der Waals surface area contributed by atoms with E-state index >= 15 is 0 Å². The molecule has 0 saturated carbocycles. The summed E-state index contributed by atoms with van der Waals surface area (Å²) in [6.45, 7) is 6.95. The second-order valence-electron chi connectivity index (χ2n) is 10.9. The van der Waals surface area contributed by atoms with Gasteiger partial charge >= 0.3 is 0 Å². The van der Waals surface area contributed by atoms with Crippen molar-refractivity contribution < 1.29 is 18.7 Å². The van der Waals surface area contributed by atoms with Gasteiger partial charge < -0.3 is 10.1 Å². The maximum Gasteiger partial charge on any atom is 0.251 e. The van der Waals surface area contributed by atoms with Crippen LogP contribution in [0.3, 0.4) is 0 Å². The molecule has 1 fully saturated rings. The lowest BCUT2D eigenvalue weighted by atomic mass is 9.99. The van der Waals surface area contributed by atoms with Crippen LogP contribution < -0.4 is 10.2 Å². The van der Waals surface area contributed by atoms with Crippen molar-refractivity contribution in [1.29, 1.82) is 0 Å². The number of benzene rings is 3. The number of carbonyl (C=O) groups excluding carboxylic acids is 2. The summed E-state index contributed by atoms with van der Waals surface area (Å²) >= 11 is 0. The van der Waals surface area contributed by atoms with Gasteiger partial charge in [0.05, 0.1) is 6.10 Å². The van der Waals surface area contributed by atoms with Crippen LogP contribution in [0.1, 0.15) is 55.3 Å². The number of aryl methyl sites for hydroxylation is 1. The molecule has 0 aliphatic carbocycles. The van der Waals surface area contributed by atoms with E-state index in [0.29, 0.717) is 35.9 Å². The molecule has 0 spiro atoms. The molecule has 9 nitrogen and oxygen atoms in total. The summed E-state index contributed by atoms with van der Waals surface area (Å²) in [7, 11) is 0. The highest BCUT2D eigenvalue weighted by Crippen LogP contribution is 2.30. The lowest BCUT2D eigenvalue weighted by molar-refractivity contribution is -0.127. The highest BCUT2D eigenvalue weighted by Gasteiger charge is 2.34. The van der Waals surface area contributed by atoms with Gasteiger partial charge in [0.2, 0.25) is 11.7 Å². The third-order valence-corrected chi connectivity index (χ3v) is 7.37. The minimum atomic E-state index is -0.954. The number of nitrogens with zero attached hydrogens (tertiary/aromatic N) is 5. The molecule has 10 heteroatoms. The molecule has 2 heterocycles. The highest BCUT2D eigenvalue weighted by atomic mass is 19.1. The quantitative estimate of drug-likeness (QED) is 0.289. The molecule has 218 valence electrons. The monoisotopic (exact) mass is 570 g/mol. The van der Waals surface area contributed by atoms with Crippen molar-refractivity contribution in [2.45, 2.75) is 58.2 Å². The van der Waals surface area contributed by atoms with Gasteiger partial charge in [-0.2, -0.15) is 4.80 Å². The van der Waals surface area contributed by atoms with Crippen molar-refractivity contribution in [2.24, 2.45) is 0 Å². The number of rotatable bonds is 10. The molecule has 1 aromatic heterocycles. The number of hydrogen-bond acceptors (Lipinski definition) is 6. The van der Waals surface area contributed by atoms with E-state index in [1.807, 2.05) is 55.5 Å². The van der Waals surface area contributed by atoms with Gasteiger partial charge in [-0.25, -0.2) is 4.39 Å². The van der Waals surface area contributed by atoms with Crippen LogP contribution in [0.5, 0.6) is 0 Å². The molecule has 1 aliphatic rings. The van der Waals surface area contributed by atoms with Crippen molar-refractivity contribution in [3.8, 4) is 11.4 Å². The summed E-state index contributed by atoms with van der Waals surface area (Å²) in [4.78, 5) is 30.7. The number of carbonyl (C=O) groups is 2. The summed E-state index contributed by atoms with van der Waals surface area (Å²) < 4.78 is 19.1. The summed E-state index contributed by atoms with van der Waals surface area (Å²) in [6.07, 6.45) is 1.79. The third kappa shape index (κ3) is 6.88. The standard InChI is InChI=1S/C32H35FN6O3/c1-21(2)23-12-16-27(17-13-23)39(29(40)20-38-36-31(35-37-38)25-10-14-26(33)15-11-25)30(24-8-6-22(3)7-9-24)32(41)34-19-28-5-4-18-42-28/h6-17,21,28,30H,4-5,18-20H2,1-3H3,(H,34,41)/t28-,30-/m0/s1. The van der Waals surface area contributed by atoms with E-state index in [-0.39, 0.29) is 30.2 Å². The second-order valence-corrected chi connectivity index (χ2v) is 10.9. The molecule has 0 radical (unpaired) electrons. The number of tetrazole rings is 1. The van der Waals surface area contributed by atoms with Crippen molar-refractivity contribution >= 4 is 17.5 Å². The van der Waals surface area contributed by atoms with E-state index in [1.165, 1.54) is 21.8 Å². The van der Waals surface area contributed by atoms with Crippen LogP contribution in [-0.4, -0.2) is 51.3 Å². The van der Waals surface area contributed by atoms with E-state index < -0.39 is 11.9 Å². The minimum absolute atomic E-state index is 0.0497. The van der Waals surface area contributed by atoms with Crippen LogP contribution in [0.25, 0.3) is 11.4 Å². The molecular formula is C32H35FN6O3. The lowest BCUT2D eigenvalue weighted by Crippen LogP contribution is -2.46. The molecule has 42 heavy (non-hydrogen) atoms. The smallest absolute Gasteiger partial charge is 0.251 e. The Kier molecular flexibility index (Phi) is 9.02. The van der Waals surface area contributed by atoms with Crippen LogP contribution in [0.15, 0.2) is 72.8 Å². The van der Waals surface area contributed by atoms with E-state index in [0.717, 1.165) is 24.0 Å². The summed E-state index contributed by atoms with van der Waals surface area (Å²) in [5, 5.41) is 15.5. The van der Waals surface area contributed by atoms with Crippen LogP contribution in [0, 0.1) is 12.7 Å². The Morgan fingerprint density at radius 3 is 2.36 bits per heavy atom.